The van der Waals surface area contributed by atoms with Crippen LogP contribution in [0.5, 0.6) is 11.5 Å². The maximum Gasteiger partial charge on any atom is 0.573 e. The highest BCUT2D eigenvalue weighted by molar-refractivity contribution is 8.15. The molecule has 0 saturated carbocycles. The van der Waals surface area contributed by atoms with Gasteiger partial charge >= 0.3 is 12.4 Å². The van der Waals surface area contributed by atoms with E-state index in [1.165, 1.54) is 51.9 Å². The lowest BCUT2D eigenvalue weighted by Crippen LogP contribution is -2.32. The third kappa shape index (κ3) is 7.23. The van der Waals surface area contributed by atoms with Crippen molar-refractivity contribution in [2.24, 2.45) is 4.99 Å². The molecule has 48 heavy (non-hydrogen) atoms. The molecule has 4 aromatic rings. The van der Waals surface area contributed by atoms with Crippen molar-refractivity contribution in [1.82, 2.24) is 20.1 Å². The molecule has 1 aliphatic heterocycles. The van der Waals surface area contributed by atoms with Crippen molar-refractivity contribution in [3.05, 3.63) is 89.9 Å². The lowest BCUT2D eigenvalue weighted by Gasteiger charge is -2.22. The molecule has 1 fully saturated rings. The maximum absolute atomic E-state index is 13.2. The van der Waals surface area contributed by atoms with E-state index >= 15 is 0 Å². The number of carbonyl (C=O) groups excluding carboxylic acids is 2. The van der Waals surface area contributed by atoms with Crippen molar-refractivity contribution >= 4 is 40.1 Å². The highest BCUT2D eigenvalue weighted by Gasteiger charge is 2.33. The minimum Gasteiger partial charge on any atom is -0.497 e. The SMILES string of the molecule is COc1ccc(C(C)C)c(N2C(=O)CS/C2=N\C(=O)NC2=C(c3ccc(-c4ncn(-c5ccc(OC(F)(F)F)cc5)n4)cc3)CCC2)c1. The van der Waals surface area contributed by atoms with Gasteiger partial charge in [-0.3, -0.25) is 9.69 Å². The number of aromatic nitrogens is 3. The van der Waals surface area contributed by atoms with Gasteiger partial charge in [-0.2, -0.15) is 4.99 Å². The number of allylic oxidation sites excluding steroid dienone is 2. The number of carbonyl (C=O) groups is 2. The molecule has 6 rings (SSSR count). The number of aliphatic imine (C=N–C) groups is 1. The van der Waals surface area contributed by atoms with Gasteiger partial charge in [-0.1, -0.05) is 55.9 Å². The summed E-state index contributed by atoms with van der Waals surface area (Å²) in [6.07, 6.45) is -0.976. The number of nitrogens with one attached hydrogen (secondary N) is 1. The van der Waals surface area contributed by atoms with Gasteiger partial charge in [0.15, 0.2) is 11.0 Å². The maximum atomic E-state index is 13.2. The molecule has 0 spiro atoms. The summed E-state index contributed by atoms with van der Waals surface area (Å²) in [7, 11) is 1.56. The van der Waals surface area contributed by atoms with Crippen molar-refractivity contribution in [1.29, 1.82) is 0 Å². The average Bonchev–Trinajstić information content (AvgIpc) is 3.81. The molecule has 1 aliphatic carbocycles. The van der Waals surface area contributed by atoms with Crippen LogP contribution in [-0.4, -0.2) is 51.1 Å². The number of alkyl halides is 3. The van der Waals surface area contributed by atoms with E-state index in [4.69, 9.17) is 4.74 Å². The summed E-state index contributed by atoms with van der Waals surface area (Å²) < 4.78 is 48.2. The normalized spacial score (nSPS) is 15.9. The van der Waals surface area contributed by atoms with E-state index in [2.05, 4.69) is 25.1 Å². The van der Waals surface area contributed by atoms with Gasteiger partial charge in [0.05, 0.1) is 24.2 Å². The third-order valence-electron chi connectivity index (χ3n) is 7.86. The Morgan fingerprint density at radius 3 is 2.40 bits per heavy atom. The lowest BCUT2D eigenvalue weighted by atomic mass is 10.00. The molecule has 1 aromatic heterocycles. The van der Waals surface area contributed by atoms with Crippen molar-refractivity contribution in [3.63, 3.8) is 0 Å². The van der Waals surface area contributed by atoms with Gasteiger partial charge in [-0.15, -0.1) is 18.3 Å². The number of benzene rings is 3. The van der Waals surface area contributed by atoms with Crippen LogP contribution in [0.4, 0.5) is 23.7 Å². The number of hydrogen-bond acceptors (Lipinski definition) is 7. The molecule has 3 amide bonds. The van der Waals surface area contributed by atoms with Crippen LogP contribution in [0, 0.1) is 0 Å². The van der Waals surface area contributed by atoms with Gasteiger partial charge in [-0.05, 0) is 72.2 Å². The molecule has 248 valence electrons. The summed E-state index contributed by atoms with van der Waals surface area (Å²) in [4.78, 5) is 36.4. The third-order valence-corrected chi connectivity index (χ3v) is 8.78. The Balaban J connectivity index is 1.17. The van der Waals surface area contributed by atoms with Crippen LogP contribution in [0.1, 0.15) is 50.2 Å². The Bertz CT molecular complexity index is 1900. The second-order valence-corrected chi connectivity index (χ2v) is 12.3. The molecular formula is C34H31F3N6O4S. The molecule has 0 bridgehead atoms. The molecule has 1 saturated heterocycles. The first kappa shape index (κ1) is 32.8. The Kier molecular flexibility index (Phi) is 9.27. The summed E-state index contributed by atoms with van der Waals surface area (Å²) in [6, 6.07) is 18.0. The number of methoxy groups -OCH3 is 1. The van der Waals surface area contributed by atoms with Crippen molar-refractivity contribution < 1.29 is 32.2 Å². The smallest absolute Gasteiger partial charge is 0.497 e. The standard InChI is InChI=1S/C34H31F3N6O4S/c1-20(2)26-16-15-25(46-3)17-29(26)43-30(44)18-48-33(43)40-32(45)39-28-6-4-5-27(28)21-7-9-22(10-8-21)31-38-19-42(41-31)23-11-13-24(14-12-23)47-34(35,36)37/h7-17,19-20H,4-6,18H2,1-3H3,(H,39,45)/b40-33-. The Hall–Kier alpha value is -5.11. The van der Waals surface area contributed by atoms with Crippen LogP contribution < -0.4 is 19.7 Å². The fourth-order valence-corrected chi connectivity index (χ4v) is 6.46. The van der Waals surface area contributed by atoms with E-state index < -0.39 is 12.4 Å². The van der Waals surface area contributed by atoms with Gasteiger partial charge in [0.2, 0.25) is 5.91 Å². The average molecular weight is 677 g/mol. The number of amides is 3. The fourth-order valence-electron chi connectivity index (χ4n) is 5.60. The summed E-state index contributed by atoms with van der Waals surface area (Å²) in [5.74, 6) is 0.867. The Morgan fingerprint density at radius 2 is 1.71 bits per heavy atom. The van der Waals surface area contributed by atoms with Gasteiger partial charge in [-0.25, -0.2) is 14.5 Å². The first-order valence-electron chi connectivity index (χ1n) is 15.1. The van der Waals surface area contributed by atoms with E-state index in [-0.39, 0.29) is 23.3 Å². The van der Waals surface area contributed by atoms with Crippen LogP contribution in [0.3, 0.4) is 0 Å². The molecule has 2 aliphatic rings. The minimum absolute atomic E-state index is 0.131. The predicted octanol–water partition coefficient (Wildman–Crippen LogP) is 7.71. The van der Waals surface area contributed by atoms with Crippen LogP contribution in [0.25, 0.3) is 22.6 Å². The van der Waals surface area contributed by atoms with Crippen LogP contribution >= 0.6 is 11.8 Å². The molecule has 1 N–H and O–H groups in total. The van der Waals surface area contributed by atoms with Gasteiger partial charge < -0.3 is 14.8 Å². The Labute approximate surface area is 278 Å². The molecule has 2 heterocycles. The summed E-state index contributed by atoms with van der Waals surface area (Å²) in [5, 5.41) is 7.74. The molecule has 3 aromatic carbocycles. The highest BCUT2D eigenvalue weighted by atomic mass is 32.2. The molecular weight excluding hydrogens is 645 g/mol. The number of rotatable bonds is 8. The first-order valence-corrected chi connectivity index (χ1v) is 16.1. The minimum atomic E-state index is -4.77. The molecule has 10 nitrogen and oxygen atoms in total. The highest BCUT2D eigenvalue weighted by Crippen LogP contribution is 2.37. The number of amidine groups is 1. The number of halogens is 3. The summed E-state index contributed by atoms with van der Waals surface area (Å²) in [5.41, 5.74) is 5.57. The Morgan fingerprint density at radius 1 is 1.00 bits per heavy atom. The van der Waals surface area contributed by atoms with Gasteiger partial charge in [0.1, 0.15) is 17.8 Å². The van der Waals surface area contributed by atoms with Crippen LogP contribution in [-0.2, 0) is 4.79 Å². The lowest BCUT2D eigenvalue weighted by molar-refractivity contribution is -0.274. The molecule has 0 unspecified atom stereocenters. The van der Waals surface area contributed by atoms with Gasteiger partial charge in [0.25, 0.3) is 0 Å². The number of nitrogens with zero attached hydrogens (tertiary/aromatic N) is 5. The fraction of sp³-hybridized carbons (Fsp3) is 0.265. The molecule has 0 radical (unpaired) electrons. The van der Waals surface area contributed by atoms with Crippen LogP contribution in [0.2, 0.25) is 0 Å². The summed E-state index contributed by atoms with van der Waals surface area (Å²) >= 11 is 1.22. The zero-order valence-electron chi connectivity index (χ0n) is 26.2. The van der Waals surface area contributed by atoms with E-state index in [9.17, 15) is 22.8 Å². The second-order valence-electron chi connectivity index (χ2n) is 11.4. The van der Waals surface area contributed by atoms with E-state index in [1.54, 1.807) is 13.2 Å². The quantitative estimate of drug-likeness (QED) is 0.204. The van der Waals surface area contributed by atoms with E-state index in [1.807, 2.05) is 50.2 Å². The molecule has 14 heteroatoms. The van der Waals surface area contributed by atoms with E-state index in [0.29, 0.717) is 34.5 Å². The van der Waals surface area contributed by atoms with Crippen molar-refractivity contribution in [2.75, 3.05) is 17.8 Å². The number of anilines is 1. The van der Waals surface area contributed by atoms with Gasteiger partial charge in [0, 0.05) is 17.3 Å². The van der Waals surface area contributed by atoms with Crippen LogP contribution in [0.15, 0.2) is 83.7 Å². The zero-order chi connectivity index (χ0) is 34.0. The van der Waals surface area contributed by atoms with Crippen molar-refractivity contribution in [3.8, 4) is 28.6 Å². The first-order chi connectivity index (χ1) is 23.0. The number of hydrogen-bond donors (Lipinski definition) is 1. The topological polar surface area (TPSA) is 111 Å². The zero-order valence-corrected chi connectivity index (χ0v) is 27.1. The number of urea groups is 1. The van der Waals surface area contributed by atoms with E-state index in [0.717, 1.165) is 40.8 Å². The number of thioether (sulfide) groups is 1. The predicted molar refractivity (Wildman–Crippen MR) is 177 cm³/mol. The monoisotopic (exact) mass is 676 g/mol. The summed E-state index contributed by atoms with van der Waals surface area (Å²) in [6.45, 7) is 4.07. The second kappa shape index (κ2) is 13.6. The number of ether oxygens (including phenoxy) is 2. The molecule has 0 atom stereocenters. The largest absolute Gasteiger partial charge is 0.573 e. The van der Waals surface area contributed by atoms with Crippen molar-refractivity contribution in [2.45, 2.75) is 45.4 Å².